The van der Waals surface area contributed by atoms with E-state index in [-0.39, 0.29) is 31.3 Å². The lowest BCUT2D eigenvalue weighted by Crippen LogP contribution is -2.51. The molecule has 0 spiro atoms. The second kappa shape index (κ2) is 15.6. The van der Waals surface area contributed by atoms with Gasteiger partial charge in [0.1, 0.15) is 24.2 Å². The Kier molecular flexibility index (Phi) is 10.3. The van der Waals surface area contributed by atoms with Crippen molar-refractivity contribution in [3.63, 3.8) is 0 Å². The van der Waals surface area contributed by atoms with Gasteiger partial charge in [0.15, 0.2) is 0 Å². The highest BCUT2D eigenvalue weighted by molar-refractivity contribution is 5.90. The van der Waals surface area contributed by atoms with Crippen molar-refractivity contribution >= 4 is 23.9 Å². The maximum Gasteiger partial charge on any atom is 0.410 e. The summed E-state index contributed by atoms with van der Waals surface area (Å²) >= 11 is 0. The van der Waals surface area contributed by atoms with E-state index in [2.05, 4.69) is 22.8 Å². The molecule has 2 aliphatic rings. The summed E-state index contributed by atoms with van der Waals surface area (Å²) in [4.78, 5) is 54.6. The number of nitrogens with one attached hydrogen (secondary N) is 2. The molecule has 5 aromatic rings. The average Bonchev–Trinajstić information content (AvgIpc) is 3.82. The van der Waals surface area contributed by atoms with Gasteiger partial charge in [0, 0.05) is 18.9 Å². The second-order valence-corrected chi connectivity index (χ2v) is 13.5. The molecule has 2 atom stereocenters. The van der Waals surface area contributed by atoms with Crippen molar-refractivity contribution in [1.82, 2.24) is 15.5 Å². The van der Waals surface area contributed by atoms with Gasteiger partial charge in [-0.25, -0.2) is 9.59 Å². The molecule has 1 heterocycles. The lowest BCUT2D eigenvalue weighted by Gasteiger charge is -2.37. The first-order valence-electron chi connectivity index (χ1n) is 18.0. The van der Waals surface area contributed by atoms with Crippen LogP contribution in [0.4, 0.5) is 4.79 Å². The topological polar surface area (TPSA) is 125 Å². The summed E-state index contributed by atoms with van der Waals surface area (Å²) in [7, 11) is 0. The number of fused-ring (bicyclic) bond motifs is 3. The fraction of sp³-hybridized carbons (Fsp3) is 0.227. The van der Waals surface area contributed by atoms with E-state index in [1.165, 1.54) is 4.90 Å². The lowest BCUT2D eigenvalue weighted by molar-refractivity contribution is -0.142. The first-order valence-corrected chi connectivity index (χ1v) is 18.0. The standard InChI is InChI=1S/C44H41N3O6/c48-40(46-44(30-15-4-1-5-16-30,31-17-6-2-7-18-31)32-19-8-3-9-20-32)27-26-38(42(50)51)45-41(49)39-25-14-28-47(39)43(52)53-29-37-35-23-12-10-21-33(35)34-22-11-13-24-36(34)37/h1-13,15-24,37-39H,14,25-29H2,(H,45,49)(H,46,48)(H,50,51)/t38-,39-/m0/s1. The molecule has 0 unspecified atom stereocenters. The molecule has 9 nitrogen and oxygen atoms in total. The molecule has 53 heavy (non-hydrogen) atoms. The first kappa shape index (κ1) is 35.2. The number of carboxylic acid groups (broad SMARTS) is 1. The van der Waals surface area contributed by atoms with Gasteiger partial charge in [-0.05, 0) is 58.2 Å². The van der Waals surface area contributed by atoms with Crippen LogP contribution < -0.4 is 10.6 Å². The van der Waals surface area contributed by atoms with Crippen LogP contribution in [0.25, 0.3) is 11.1 Å². The number of likely N-dealkylation sites (tertiary alicyclic amines) is 1. The van der Waals surface area contributed by atoms with Crippen molar-refractivity contribution in [2.75, 3.05) is 13.2 Å². The van der Waals surface area contributed by atoms with Crippen molar-refractivity contribution in [3.8, 4) is 11.1 Å². The van der Waals surface area contributed by atoms with Gasteiger partial charge in [-0.1, -0.05) is 140 Å². The van der Waals surface area contributed by atoms with Crippen molar-refractivity contribution in [2.45, 2.75) is 49.2 Å². The van der Waals surface area contributed by atoms with E-state index in [4.69, 9.17) is 4.74 Å². The third-order valence-corrected chi connectivity index (χ3v) is 10.3. The Labute approximate surface area is 308 Å². The smallest absolute Gasteiger partial charge is 0.410 e. The number of ether oxygens (including phenoxy) is 1. The van der Waals surface area contributed by atoms with E-state index < -0.39 is 35.6 Å². The molecule has 0 bridgehead atoms. The molecule has 1 saturated heterocycles. The average molecular weight is 708 g/mol. The summed E-state index contributed by atoms with van der Waals surface area (Å²) < 4.78 is 5.83. The van der Waals surface area contributed by atoms with Crippen molar-refractivity contribution in [2.24, 2.45) is 0 Å². The molecule has 3 amide bonds. The Hall–Kier alpha value is -6.22. The number of carbonyl (C=O) groups is 4. The minimum absolute atomic E-state index is 0.112. The quantitative estimate of drug-likeness (QED) is 0.122. The Balaban J connectivity index is 1.02. The van der Waals surface area contributed by atoms with Crippen LogP contribution in [0.15, 0.2) is 140 Å². The molecule has 1 fully saturated rings. The summed E-state index contributed by atoms with van der Waals surface area (Å²) in [6, 6.07) is 42.8. The molecular weight excluding hydrogens is 666 g/mol. The fourth-order valence-corrected chi connectivity index (χ4v) is 7.79. The van der Waals surface area contributed by atoms with Gasteiger partial charge in [-0.2, -0.15) is 0 Å². The fourth-order valence-electron chi connectivity index (χ4n) is 7.79. The van der Waals surface area contributed by atoms with Crippen molar-refractivity contribution in [1.29, 1.82) is 0 Å². The summed E-state index contributed by atoms with van der Waals surface area (Å²) in [5.74, 6) is -2.37. The van der Waals surface area contributed by atoms with E-state index in [1.807, 2.05) is 127 Å². The minimum Gasteiger partial charge on any atom is -0.480 e. The Morgan fingerprint density at radius 1 is 0.717 bits per heavy atom. The molecule has 268 valence electrons. The summed E-state index contributed by atoms with van der Waals surface area (Å²) in [5, 5.41) is 16.0. The molecule has 5 aromatic carbocycles. The summed E-state index contributed by atoms with van der Waals surface area (Å²) in [5.41, 5.74) is 5.84. The van der Waals surface area contributed by atoms with Crippen LogP contribution in [-0.2, 0) is 24.7 Å². The molecule has 7 rings (SSSR count). The largest absolute Gasteiger partial charge is 0.480 e. The van der Waals surface area contributed by atoms with Crippen molar-refractivity contribution < 1.29 is 29.0 Å². The highest BCUT2D eigenvalue weighted by Gasteiger charge is 2.40. The zero-order chi connectivity index (χ0) is 36.8. The van der Waals surface area contributed by atoms with E-state index in [9.17, 15) is 24.3 Å². The van der Waals surface area contributed by atoms with Crippen LogP contribution in [0.3, 0.4) is 0 Å². The van der Waals surface area contributed by atoms with E-state index in [1.54, 1.807) is 0 Å². The van der Waals surface area contributed by atoms with Crippen LogP contribution >= 0.6 is 0 Å². The molecule has 0 aromatic heterocycles. The number of aliphatic carboxylic acids is 1. The van der Waals surface area contributed by atoms with Crippen molar-refractivity contribution in [3.05, 3.63) is 167 Å². The van der Waals surface area contributed by atoms with Crippen LogP contribution in [0, 0.1) is 0 Å². The highest BCUT2D eigenvalue weighted by Crippen LogP contribution is 2.44. The number of hydrogen-bond donors (Lipinski definition) is 3. The van der Waals surface area contributed by atoms with Crippen LogP contribution in [0.1, 0.15) is 59.4 Å². The molecular formula is C44H41N3O6. The van der Waals surface area contributed by atoms with Gasteiger partial charge < -0.3 is 20.5 Å². The number of hydrogen-bond acceptors (Lipinski definition) is 5. The van der Waals surface area contributed by atoms with Crippen LogP contribution in [-0.4, -0.2) is 59.1 Å². The zero-order valence-electron chi connectivity index (χ0n) is 29.2. The maximum atomic E-state index is 13.8. The number of nitrogens with zero attached hydrogens (tertiary/aromatic N) is 1. The monoisotopic (exact) mass is 707 g/mol. The van der Waals surface area contributed by atoms with Gasteiger partial charge in [0.25, 0.3) is 0 Å². The number of carboxylic acids is 1. The van der Waals surface area contributed by atoms with E-state index >= 15 is 0 Å². The third-order valence-electron chi connectivity index (χ3n) is 10.3. The summed E-state index contributed by atoms with van der Waals surface area (Å²) in [6.07, 6.45) is 0.0000288. The Morgan fingerprint density at radius 2 is 1.21 bits per heavy atom. The first-order chi connectivity index (χ1) is 25.9. The van der Waals surface area contributed by atoms with Gasteiger partial charge in [0.2, 0.25) is 11.8 Å². The lowest BCUT2D eigenvalue weighted by atomic mass is 9.77. The SMILES string of the molecule is O=C(CC[C@H](NC(=O)[C@@H]1CCCN1C(=O)OCC1c2ccccc2-c2ccccc21)C(=O)O)NC(c1ccccc1)(c1ccccc1)c1ccccc1. The predicted octanol–water partition coefficient (Wildman–Crippen LogP) is 6.86. The molecule has 1 aliphatic carbocycles. The minimum atomic E-state index is -1.35. The maximum absolute atomic E-state index is 13.8. The molecule has 0 saturated carbocycles. The zero-order valence-corrected chi connectivity index (χ0v) is 29.2. The Morgan fingerprint density at radius 3 is 1.72 bits per heavy atom. The molecule has 0 radical (unpaired) electrons. The number of carbonyl (C=O) groups excluding carboxylic acids is 3. The summed E-state index contributed by atoms with van der Waals surface area (Å²) in [6.45, 7) is 0.427. The Bertz CT molecular complexity index is 1950. The van der Waals surface area contributed by atoms with Crippen LogP contribution in [0.2, 0.25) is 0 Å². The van der Waals surface area contributed by atoms with E-state index in [0.717, 1.165) is 38.9 Å². The normalized spacial score (nSPS) is 15.5. The van der Waals surface area contributed by atoms with Gasteiger partial charge in [-0.3, -0.25) is 14.5 Å². The number of amides is 3. The predicted molar refractivity (Wildman–Crippen MR) is 201 cm³/mol. The molecule has 1 aliphatic heterocycles. The second-order valence-electron chi connectivity index (χ2n) is 13.5. The molecule has 3 N–H and O–H groups in total. The van der Waals surface area contributed by atoms with Crippen LogP contribution in [0.5, 0.6) is 0 Å². The van der Waals surface area contributed by atoms with E-state index in [0.29, 0.717) is 19.4 Å². The number of benzene rings is 5. The van der Waals surface area contributed by atoms with Gasteiger partial charge >= 0.3 is 12.1 Å². The van der Waals surface area contributed by atoms with Gasteiger partial charge in [-0.15, -0.1) is 0 Å². The third kappa shape index (κ3) is 7.15. The number of rotatable bonds is 12. The highest BCUT2D eigenvalue weighted by atomic mass is 16.6. The molecule has 9 heteroatoms. The van der Waals surface area contributed by atoms with Gasteiger partial charge in [0.05, 0.1) is 0 Å².